The number of hydrogen-bond acceptors (Lipinski definition) is 4. The number of aliphatic hydroxyl groups excluding tert-OH is 1. The molecule has 0 heterocycles. The maximum Gasteiger partial charge on any atom is 0.119 e. The van der Waals surface area contributed by atoms with Gasteiger partial charge in [-0.25, -0.2) is 0 Å². The van der Waals surface area contributed by atoms with Gasteiger partial charge < -0.3 is 14.9 Å². The first-order valence-corrected chi connectivity index (χ1v) is 12.9. The summed E-state index contributed by atoms with van der Waals surface area (Å²) in [5, 5.41) is 16.9. The summed E-state index contributed by atoms with van der Waals surface area (Å²) in [6, 6.07) is 6.84. The van der Waals surface area contributed by atoms with E-state index in [0.717, 1.165) is 24.0 Å². The Morgan fingerprint density at radius 2 is 2.09 bits per heavy atom. The van der Waals surface area contributed by atoms with Crippen molar-refractivity contribution in [1.82, 2.24) is 5.01 Å². The lowest BCUT2D eigenvalue weighted by Crippen LogP contribution is -2.46. The molecule has 7 atom stereocenters. The molecule has 3 aliphatic rings. The molecule has 0 aliphatic heterocycles. The predicted molar refractivity (Wildman–Crippen MR) is 132 cm³/mol. The van der Waals surface area contributed by atoms with E-state index in [9.17, 15) is 5.11 Å². The normalized spacial score (nSPS) is 35.7. The number of nitrogens with zero attached hydrogens (tertiary/aromatic N) is 2. The Kier molecular flexibility index (Phi) is 6.91. The van der Waals surface area contributed by atoms with Crippen molar-refractivity contribution >= 4 is 5.71 Å². The molecular formula is C28H44N2O2. The van der Waals surface area contributed by atoms with Crippen molar-refractivity contribution in [3.63, 3.8) is 0 Å². The van der Waals surface area contributed by atoms with Gasteiger partial charge in [0.1, 0.15) is 5.75 Å². The third-order valence-electron chi connectivity index (χ3n) is 8.97. The van der Waals surface area contributed by atoms with Crippen LogP contribution in [0.5, 0.6) is 5.75 Å². The van der Waals surface area contributed by atoms with E-state index in [1.807, 2.05) is 5.01 Å². The van der Waals surface area contributed by atoms with Crippen molar-refractivity contribution in [2.75, 3.05) is 27.8 Å². The number of aliphatic hydroxyl groups is 1. The summed E-state index contributed by atoms with van der Waals surface area (Å²) in [5.74, 6) is 4.64. The second kappa shape index (κ2) is 9.37. The quantitative estimate of drug-likeness (QED) is 0.550. The zero-order chi connectivity index (χ0) is 23.0. The van der Waals surface area contributed by atoms with Gasteiger partial charge in [-0.2, -0.15) is 5.10 Å². The molecule has 0 spiro atoms. The van der Waals surface area contributed by atoms with Gasteiger partial charge in [0.05, 0.1) is 7.11 Å². The highest BCUT2D eigenvalue weighted by Crippen LogP contribution is 2.63. The average molecular weight is 441 g/mol. The average Bonchev–Trinajstić information content (AvgIpc) is 3.04. The third-order valence-corrected chi connectivity index (χ3v) is 8.97. The van der Waals surface area contributed by atoms with Crippen molar-refractivity contribution in [2.45, 2.75) is 71.6 Å². The minimum Gasteiger partial charge on any atom is -0.497 e. The molecule has 4 rings (SSSR count). The van der Waals surface area contributed by atoms with Crippen LogP contribution in [0.2, 0.25) is 0 Å². The van der Waals surface area contributed by atoms with Gasteiger partial charge >= 0.3 is 0 Å². The van der Waals surface area contributed by atoms with Gasteiger partial charge in [0, 0.05) is 37.7 Å². The van der Waals surface area contributed by atoms with Gasteiger partial charge in [0.15, 0.2) is 0 Å². The van der Waals surface area contributed by atoms with E-state index in [-0.39, 0.29) is 12.0 Å². The van der Waals surface area contributed by atoms with E-state index < -0.39 is 0 Å². The Hall–Kier alpha value is -1.55. The molecule has 4 nitrogen and oxygen atoms in total. The molecule has 2 saturated carbocycles. The van der Waals surface area contributed by atoms with E-state index in [1.54, 1.807) is 12.7 Å². The third kappa shape index (κ3) is 4.08. The first kappa shape index (κ1) is 23.6. The molecule has 1 N–H and O–H groups in total. The summed E-state index contributed by atoms with van der Waals surface area (Å²) in [6.07, 6.45) is 8.51. The lowest BCUT2D eigenvalue weighted by molar-refractivity contribution is 0.0469. The first-order chi connectivity index (χ1) is 15.3. The minimum atomic E-state index is 0.182. The highest BCUT2D eigenvalue weighted by Gasteiger charge is 2.58. The predicted octanol–water partition coefficient (Wildman–Crippen LogP) is 5.74. The molecule has 1 unspecified atom stereocenters. The Balaban J connectivity index is 1.74. The fourth-order valence-corrected chi connectivity index (χ4v) is 7.69. The molecule has 2 fully saturated rings. The maximum atomic E-state index is 9.78. The minimum absolute atomic E-state index is 0.182. The smallest absolute Gasteiger partial charge is 0.119 e. The van der Waals surface area contributed by atoms with Gasteiger partial charge in [-0.15, -0.1) is 0 Å². The van der Waals surface area contributed by atoms with E-state index in [2.05, 4.69) is 53.1 Å². The van der Waals surface area contributed by atoms with E-state index in [4.69, 9.17) is 9.84 Å². The molecule has 1 aromatic carbocycles. The lowest BCUT2D eigenvalue weighted by atomic mass is 9.52. The van der Waals surface area contributed by atoms with Crippen LogP contribution in [-0.4, -0.2) is 43.6 Å². The van der Waals surface area contributed by atoms with Crippen LogP contribution in [0, 0.1) is 35.0 Å². The molecule has 0 aromatic heterocycles. The van der Waals surface area contributed by atoms with Gasteiger partial charge in [0.2, 0.25) is 0 Å². The first-order valence-electron chi connectivity index (χ1n) is 12.9. The van der Waals surface area contributed by atoms with Crippen LogP contribution in [0.4, 0.5) is 0 Å². The Morgan fingerprint density at radius 1 is 1.31 bits per heavy atom. The SMILES string of the molecule is CCC[C@@H]1Cc2cc(OC)ccc2[C@H]2CC[C@]3(C)C(=NN(C)C)[C@H](CC(C)CO)C[C@H]3[C@H]12. The highest BCUT2D eigenvalue weighted by molar-refractivity contribution is 5.94. The Bertz CT molecular complexity index is 835. The fraction of sp³-hybridized carbons (Fsp3) is 0.750. The van der Waals surface area contributed by atoms with Gasteiger partial charge in [-0.3, -0.25) is 0 Å². The van der Waals surface area contributed by atoms with Crippen LogP contribution >= 0.6 is 0 Å². The number of rotatable bonds is 7. The van der Waals surface area contributed by atoms with E-state index in [1.165, 1.54) is 49.8 Å². The summed E-state index contributed by atoms with van der Waals surface area (Å²) in [4.78, 5) is 0. The standard InChI is InChI=1S/C28H44N2O2/c1-7-8-19-14-20-15-22(32-6)9-10-23(20)24-11-12-28(3)25(26(19)24)16-21(13-18(2)17-31)27(28)29-30(4)5/h9-10,15,18-19,21,24-26,31H,7-8,11-14,16-17H2,1-6H3/t18?,19-,21-,24-,25+,26-,28+/m1/s1. The Morgan fingerprint density at radius 3 is 2.75 bits per heavy atom. The number of ether oxygens (including phenoxy) is 1. The zero-order valence-corrected chi connectivity index (χ0v) is 21.1. The number of methoxy groups -OCH3 is 1. The number of benzene rings is 1. The molecule has 3 aliphatic carbocycles. The largest absolute Gasteiger partial charge is 0.497 e. The second-order valence-corrected chi connectivity index (χ2v) is 11.4. The molecule has 0 radical (unpaired) electrons. The summed E-state index contributed by atoms with van der Waals surface area (Å²) < 4.78 is 5.57. The molecule has 178 valence electrons. The maximum absolute atomic E-state index is 9.78. The Labute approximate surface area is 195 Å². The molecule has 0 amide bonds. The summed E-state index contributed by atoms with van der Waals surface area (Å²) >= 11 is 0. The lowest BCUT2D eigenvalue weighted by Gasteiger charge is -2.52. The molecule has 1 aromatic rings. The highest BCUT2D eigenvalue weighted by atomic mass is 16.5. The number of hydrogen-bond donors (Lipinski definition) is 1. The molecule has 4 heteroatoms. The van der Waals surface area contributed by atoms with Gasteiger partial charge in [-0.05, 0) is 85.0 Å². The molecule has 0 bridgehead atoms. The van der Waals surface area contributed by atoms with Crippen molar-refractivity contribution in [3.8, 4) is 5.75 Å². The van der Waals surface area contributed by atoms with Crippen LogP contribution < -0.4 is 4.74 Å². The summed E-state index contributed by atoms with van der Waals surface area (Å²) in [5.41, 5.74) is 4.71. The van der Waals surface area contributed by atoms with Crippen LogP contribution in [0.1, 0.15) is 76.3 Å². The number of fused-ring (bicyclic) bond motifs is 5. The monoisotopic (exact) mass is 440 g/mol. The topological polar surface area (TPSA) is 45.1 Å². The number of hydrazone groups is 1. The molecular weight excluding hydrogens is 396 g/mol. The van der Waals surface area contributed by atoms with Crippen molar-refractivity contribution in [2.24, 2.45) is 40.1 Å². The summed E-state index contributed by atoms with van der Waals surface area (Å²) in [7, 11) is 5.90. The van der Waals surface area contributed by atoms with Crippen molar-refractivity contribution in [3.05, 3.63) is 29.3 Å². The zero-order valence-electron chi connectivity index (χ0n) is 21.1. The van der Waals surface area contributed by atoms with E-state index >= 15 is 0 Å². The van der Waals surface area contributed by atoms with Crippen molar-refractivity contribution < 1.29 is 9.84 Å². The van der Waals surface area contributed by atoms with Gasteiger partial charge in [-0.1, -0.05) is 39.7 Å². The molecule has 32 heavy (non-hydrogen) atoms. The molecule has 0 saturated heterocycles. The van der Waals surface area contributed by atoms with Gasteiger partial charge in [0.25, 0.3) is 0 Å². The second-order valence-electron chi connectivity index (χ2n) is 11.4. The van der Waals surface area contributed by atoms with Crippen LogP contribution in [-0.2, 0) is 6.42 Å². The fourth-order valence-electron chi connectivity index (χ4n) is 7.69. The van der Waals surface area contributed by atoms with Crippen LogP contribution in [0.25, 0.3) is 0 Å². The van der Waals surface area contributed by atoms with Crippen LogP contribution in [0.3, 0.4) is 0 Å². The van der Waals surface area contributed by atoms with Crippen LogP contribution in [0.15, 0.2) is 23.3 Å². The summed E-state index contributed by atoms with van der Waals surface area (Å²) in [6.45, 7) is 7.32. The van der Waals surface area contributed by atoms with E-state index in [0.29, 0.717) is 23.7 Å². The van der Waals surface area contributed by atoms with Crippen molar-refractivity contribution in [1.29, 1.82) is 0 Å².